The number of nitrogens with one attached hydrogen (secondary N) is 1. The van der Waals surface area contributed by atoms with Gasteiger partial charge in [-0.25, -0.2) is 8.42 Å². The van der Waals surface area contributed by atoms with E-state index in [2.05, 4.69) is 21.2 Å². The molecule has 3 rings (SSSR count). The van der Waals surface area contributed by atoms with E-state index in [0.29, 0.717) is 37.9 Å². The molecule has 1 N–H and O–H groups in total. The summed E-state index contributed by atoms with van der Waals surface area (Å²) in [5, 5.41) is 3.65. The number of sulfonamides is 1. The number of methoxy groups -OCH3 is 1. The van der Waals surface area contributed by atoms with Crippen LogP contribution in [-0.4, -0.2) is 50.9 Å². The molecule has 0 aliphatic rings. The number of hydrogen-bond acceptors (Lipinski definition) is 5. The van der Waals surface area contributed by atoms with Gasteiger partial charge in [-0.3, -0.25) is 13.9 Å². The minimum atomic E-state index is -4.24. The Hall–Kier alpha value is -2.79. The molecule has 0 saturated heterocycles. The molecule has 42 heavy (non-hydrogen) atoms. The van der Waals surface area contributed by atoms with Crippen molar-refractivity contribution >= 4 is 66.7 Å². The van der Waals surface area contributed by atoms with Gasteiger partial charge in [0.25, 0.3) is 10.0 Å². The summed E-state index contributed by atoms with van der Waals surface area (Å²) in [7, 11) is -2.76. The smallest absolute Gasteiger partial charge is 0.264 e. The second-order valence-electron chi connectivity index (χ2n) is 9.89. The lowest BCUT2D eigenvalue weighted by Gasteiger charge is -2.32. The maximum Gasteiger partial charge on any atom is 0.264 e. The van der Waals surface area contributed by atoms with Gasteiger partial charge in [0.2, 0.25) is 11.8 Å². The molecule has 0 saturated carbocycles. The quantitative estimate of drug-likeness (QED) is 0.230. The number of carbonyl (C=O) groups is 2. The maximum absolute atomic E-state index is 14.1. The molecular formula is C30H34BrCl2N3O5S. The molecule has 0 unspecified atom stereocenters. The Morgan fingerprint density at radius 2 is 1.69 bits per heavy atom. The highest BCUT2D eigenvalue weighted by Crippen LogP contribution is 2.31. The van der Waals surface area contributed by atoms with Gasteiger partial charge in [0.05, 0.1) is 22.2 Å². The monoisotopic (exact) mass is 697 g/mol. The van der Waals surface area contributed by atoms with Gasteiger partial charge in [0.1, 0.15) is 18.3 Å². The van der Waals surface area contributed by atoms with Crippen LogP contribution in [0.5, 0.6) is 5.75 Å². The molecule has 8 nitrogen and oxygen atoms in total. The van der Waals surface area contributed by atoms with Crippen LogP contribution in [0.2, 0.25) is 10.0 Å². The van der Waals surface area contributed by atoms with Crippen molar-refractivity contribution in [2.75, 3.05) is 18.0 Å². The number of aryl methyl sites for hydroxylation is 1. The predicted molar refractivity (Wildman–Crippen MR) is 171 cm³/mol. The van der Waals surface area contributed by atoms with Gasteiger partial charge in [0.15, 0.2) is 0 Å². The molecule has 0 aliphatic heterocycles. The average molecular weight is 699 g/mol. The van der Waals surface area contributed by atoms with Crippen molar-refractivity contribution in [1.29, 1.82) is 0 Å². The van der Waals surface area contributed by atoms with Crippen molar-refractivity contribution in [3.63, 3.8) is 0 Å². The van der Waals surface area contributed by atoms with Gasteiger partial charge in [-0.2, -0.15) is 0 Å². The molecule has 0 aliphatic carbocycles. The van der Waals surface area contributed by atoms with Crippen molar-refractivity contribution in [3.05, 3.63) is 86.3 Å². The van der Waals surface area contributed by atoms with Crippen LogP contribution < -0.4 is 14.4 Å². The number of anilines is 1. The van der Waals surface area contributed by atoms with E-state index >= 15 is 0 Å². The first-order valence-corrected chi connectivity index (χ1v) is 16.2. The lowest BCUT2D eigenvalue weighted by molar-refractivity contribution is -0.139. The third kappa shape index (κ3) is 8.18. The zero-order valence-corrected chi connectivity index (χ0v) is 27.9. The van der Waals surface area contributed by atoms with E-state index in [1.807, 2.05) is 20.8 Å². The highest BCUT2D eigenvalue weighted by Gasteiger charge is 2.33. The Balaban J connectivity index is 2.07. The number of benzene rings is 3. The molecule has 12 heteroatoms. The minimum absolute atomic E-state index is 0.0419. The normalized spacial score (nSPS) is 12.8. The lowest BCUT2D eigenvalue weighted by atomic mass is 10.1. The molecule has 2 atom stereocenters. The molecule has 0 heterocycles. The van der Waals surface area contributed by atoms with Gasteiger partial charge in [-0.15, -0.1) is 0 Å². The molecule has 226 valence electrons. The predicted octanol–water partition coefficient (Wildman–Crippen LogP) is 6.60. The molecule has 3 aromatic rings. The summed E-state index contributed by atoms with van der Waals surface area (Å²) in [5.41, 5.74) is 1.77. The Morgan fingerprint density at radius 3 is 2.26 bits per heavy atom. The van der Waals surface area contributed by atoms with Crippen molar-refractivity contribution in [2.45, 2.75) is 57.6 Å². The third-order valence-electron chi connectivity index (χ3n) is 6.84. The molecule has 0 spiro atoms. The van der Waals surface area contributed by atoms with Crippen LogP contribution in [0.1, 0.15) is 38.3 Å². The second-order valence-corrected chi connectivity index (χ2v) is 13.5. The van der Waals surface area contributed by atoms with Gasteiger partial charge in [-0.1, -0.05) is 53.9 Å². The van der Waals surface area contributed by atoms with E-state index < -0.39 is 28.5 Å². The fourth-order valence-corrected chi connectivity index (χ4v) is 6.66. The topological polar surface area (TPSA) is 96.0 Å². The first-order chi connectivity index (χ1) is 19.8. The Kier molecular flexibility index (Phi) is 11.7. The van der Waals surface area contributed by atoms with Crippen LogP contribution in [0.15, 0.2) is 70.0 Å². The Morgan fingerprint density at radius 1 is 1.02 bits per heavy atom. The standard InChI is InChI=1S/C30H34BrCl2N3O5S/c1-6-20(3)34-30(38)21(4)35(17-22-9-10-23(32)15-27(22)33)29(37)18-36(24-11-7-19(2)8-12-24)42(39,40)25-13-14-28(41-5)26(31)16-25/h7-16,20-21H,6,17-18H2,1-5H3,(H,34,38)/t20-,21+/m0/s1. The van der Waals surface area contributed by atoms with E-state index in [4.69, 9.17) is 27.9 Å². The summed E-state index contributed by atoms with van der Waals surface area (Å²) >= 11 is 15.9. The third-order valence-corrected chi connectivity index (χ3v) is 9.81. The number of ether oxygens (including phenoxy) is 1. The summed E-state index contributed by atoms with van der Waals surface area (Å²) in [6.07, 6.45) is 0.701. The van der Waals surface area contributed by atoms with Crippen LogP contribution >= 0.6 is 39.1 Å². The summed E-state index contributed by atoms with van der Waals surface area (Å²) in [4.78, 5) is 28.5. The van der Waals surface area contributed by atoms with Gasteiger partial charge < -0.3 is 15.0 Å². The SMILES string of the molecule is CC[C@H](C)NC(=O)[C@@H](C)N(Cc1ccc(Cl)cc1Cl)C(=O)CN(c1ccc(C)cc1)S(=O)(=O)c1ccc(OC)c(Br)c1. The van der Waals surface area contributed by atoms with Crippen molar-refractivity contribution in [2.24, 2.45) is 0 Å². The van der Waals surface area contributed by atoms with E-state index in [1.54, 1.807) is 49.4 Å². The van der Waals surface area contributed by atoms with Crippen molar-refractivity contribution in [3.8, 4) is 5.75 Å². The van der Waals surface area contributed by atoms with Crippen molar-refractivity contribution in [1.82, 2.24) is 10.2 Å². The summed E-state index contributed by atoms with van der Waals surface area (Å²) in [6.45, 7) is 6.68. The number of halogens is 3. The first kappa shape index (κ1) is 33.7. The molecule has 3 aromatic carbocycles. The van der Waals surface area contributed by atoms with Crippen molar-refractivity contribution < 1.29 is 22.7 Å². The summed E-state index contributed by atoms with van der Waals surface area (Å²) in [5.74, 6) is -0.504. The van der Waals surface area contributed by atoms with E-state index in [9.17, 15) is 18.0 Å². The van der Waals surface area contributed by atoms with Gasteiger partial charge in [0, 0.05) is 22.6 Å². The molecule has 0 fully saturated rings. The second kappa shape index (κ2) is 14.6. The van der Waals surface area contributed by atoms with Crippen LogP contribution in [0.4, 0.5) is 5.69 Å². The fraction of sp³-hybridized carbons (Fsp3) is 0.333. The summed E-state index contributed by atoms with van der Waals surface area (Å²) in [6, 6.07) is 15.0. The van der Waals surface area contributed by atoms with E-state index in [0.717, 1.165) is 9.87 Å². The lowest BCUT2D eigenvalue weighted by Crippen LogP contribution is -2.52. The zero-order chi connectivity index (χ0) is 31.2. The molecule has 2 amide bonds. The molecular weight excluding hydrogens is 665 g/mol. The number of nitrogens with zero attached hydrogens (tertiary/aromatic N) is 2. The number of hydrogen-bond donors (Lipinski definition) is 1. The minimum Gasteiger partial charge on any atom is -0.496 e. The number of amides is 2. The number of carbonyl (C=O) groups excluding carboxylic acids is 2. The van der Waals surface area contributed by atoms with Crippen LogP contribution in [0.3, 0.4) is 0 Å². The highest BCUT2D eigenvalue weighted by atomic mass is 79.9. The van der Waals surface area contributed by atoms with E-state index in [-0.39, 0.29) is 23.4 Å². The Labute approximate surface area is 266 Å². The maximum atomic E-state index is 14.1. The highest BCUT2D eigenvalue weighted by molar-refractivity contribution is 9.10. The molecule has 0 aromatic heterocycles. The average Bonchev–Trinajstić information content (AvgIpc) is 2.95. The number of rotatable bonds is 12. The van der Waals surface area contributed by atoms with Crippen LogP contribution in [0.25, 0.3) is 0 Å². The van der Waals surface area contributed by atoms with Crippen LogP contribution in [0, 0.1) is 6.92 Å². The summed E-state index contributed by atoms with van der Waals surface area (Å²) < 4.78 is 34.8. The van der Waals surface area contributed by atoms with Crippen LogP contribution in [-0.2, 0) is 26.2 Å². The molecule has 0 radical (unpaired) electrons. The Bertz CT molecular complexity index is 1540. The fourth-order valence-electron chi connectivity index (χ4n) is 4.06. The van der Waals surface area contributed by atoms with Gasteiger partial charge in [-0.05, 0) is 91.1 Å². The largest absolute Gasteiger partial charge is 0.496 e. The van der Waals surface area contributed by atoms with Gasteiger partial charge >= 0.3 is 0 Å². The zero-order valence-electron chi connectivity index (χ0n) is 24.0. The molecule has 0 bridgehead atoms. The van der Waals surface area contributed by atoms with E-state index in [1.165, 1.54) is 30.2 Å². The first-order valence-electron chi connectivity index (χ1n) is 13.2.